The molecule has 0 unspecified atom stereocenters. The summed E-state index contributed by atoms with van der Waals surface area (Å²) in [6.45, 7) is 0.166. The van der Waals surface area contributed by atoms with Gasteiger partial charge in [-0.2, -0.15) is 0 Å². The van der Waals surface area contributed by atoms with Crippen LogP contribution in [0.4, 0.5) is 0 Å². The van der Waals surface area contributed by atoms with Gasteiger partial charge >= 0.3 is 0 Å². The quantitative estimate of drug-likeness (QED) is 0.703. The molecule has 0 aliphatic carbocycles. The number of carbonyl (C=O) groups excluding carboxylic acids is 2. The Labute approximate surface area is 93.5 Å². The summed E-state index contributed by atoms with van der Waals surface area (Å²) >= 11 is 0. The summed E-state index contributed by atoms with van der Waals surface area (Å²) in [6.07, 6.45) is 0.386. The van der Waals surface area contributed by atoms with Crippen molar-refractivity contribution in [3.05, 3.63) is 35.9 Å². The second-order valence-electron chi connectivity index (χ2n) is 3.96. The van der Waals surface area contributed by atoms with E-state index in [2.05, 4.69) is 0 Å². The summed E-state index contributed by atoms with van der Waals surface area (Å²) in [5.74, 6) is -1.21. The van der Waals surface area contributed by atoms with Crippen LogP contribution in [-0.4, -0.2) is 29.9 Å². The molecule has 1 fully saturated rings. The molecule has 0 aromatic heterocycles. The van der Waals surface area contributed by atoms with Crippen LogP contribution in [0.2, 0.25) is 0 Å². The van der Waals surface area contributed by atoms with Gasteiger partial charge in [0.05, 0.1) is 12.5 Å². The Bertz CT molecular complexity index is 402. The van der Waals surface area contributed by atoms with Crippen molar-refractivity contribution in [3.63, 3.8) is 0 Å². The van der Waals surface area contributed by atoms with Gasteiger partial charge in [-0.25, -0.2) is 0 Å². The normalized spacial score (nSPS) is 20.1. The predicted octanol–water partition coefficient (Wildman–Crippen LogP) is -0.248. The van der Waals surface area contributed by atoms with Crippen LogP contribution >= 0.6 is 0 Å². The molecule has 1 heterocycles. The molecule has 1 atom stereocenters. The Morgan fingerprint density at radius 2 is 2.06 bits per heavy atom. The topological polar surface area (TPSA) is 60.4 Å². The van der Waals surface area contributed by atoms with Crippen LogP contribution in [0.25, 0.3) is 0 Å². The van der Waals surface area contributed by atoms with Crippen molar-refractivity contribution < 1.29 is 14.7 Å². The molecule has 4 heteroatoms. The van der Waals surface area contributed by atoms with E-state index >= 15 is 0 Å². The first-order valence-electron chi connectivity index (χ1n) is 5.19. The van der Waals surface area contributed by atoms with E-state index < -0.39 is 5.97 Å². The number of aliphatic carboxylic acids is 1. The average molecular weight is 218 g/mol. The van der Waals surface area contributed by atoms with Crippen molar-refractivity contribution in [2.45, 2.75) is 12.3 Å². The summed E-state index contributed by atoms with van der Waals surface area (Å²) < 4.78 is 0. The van der Waals surface area contributed by atoms with Crippen molar-refractivity contribution in [2.24, 2.45) is 0 Å². The largest absolute Gasteiger partial charge is 0.548 e. The molecule has 0 saturated carbocycles. The molecule has 84 valence electrons. The summed E-state index contributed by atoms with van der Waals surface area (Å²) in [6, 6.07) is 9.67. The summed E-state index contributed by atoms with van der Waals surface area (Å²) in [4.78, 5) is 23.3. The van der Waals surface area contributed by atoms with Crippen LogP contribution in [0.5, 0.6) is 0 Å². The van der Waals surface area contributed by atoms with E-state index in [-0.39, 0.29) is 18.4 Å². The Kier molecular flexibility index (Phi) is 2.90. The van der Waals surface area contributed by atoms with E-state index in [1.165, 1.54) is 4.90 Å². The number of carboxylic acid groups (broad SMARTS) is 1. The fourth-order valence-electron chi connectivity index (χ4n) is 2.03. The first kappa shape index (κ1) is 10.7. The Morgan fingerprint density at radius 1 is 1.38 bits per heavy atom. The SMILES string of the molecule is O=C([O-])CN1C[C@@H](c2ccccc2)CC1=O. The zero-order valence-electron chi connectivity index (χ0n) is 8.76. The van der Waals surface area contributed by atoms with Crippen molar-refractivity contribution >= 4 is 11.9 Å². The van der Waals surface area contributed by atoms with Gasteiger partial charge in [-0.05, 0) is 5.56 Å². The smallest absolute Gasteiger partial charge is 0.223 e. The Hall–Kier alpha value is -1.84. The molecule has 0 spiro atoms. The lowest BCUT2D eigenvalue weighted by atomic mass is 9.99. The maximum absolute atomic E-state index is 11.5. The first-order valence-corrected chi connectivity index (χ1v) is 5.19. The number of likely N-dealkylation sites (tertiary alicyclic amines) is 1. The third-order valence-corrected chi connectivity index (χ3v) is 2.81. The van der Waals surface area contributed by atoms with E-state index in [1.807, 2.05) is 30.3 Å². The molecular weight excluding hydrogens is 206 g/mol. The minimum absolute atomic E-state index is 0.105. The van der Waals surface area contributed by atoms with Crippen LogP contribution in [-0.2, 0) is 9.59 Å². The van der Waals surface area contributed by atoms with Gasteiger partial charge in [0.25, 0.3) is 0 Å². The molecule has 1 saturated heterocycles. The zero-order valence-corrected chi connectivity index (χ0v) is 8.76. The van der Waals surface area contributed by atoms with Crippen LogP contribution in [0.15, 0.2) is 30.3 Å². The summed E-state index contributed by atoms with van der Waals surface area (Å²) in [5.41, 5.74) is 1.08. The molecule has 0 bridgehead atoms. The van der Waals surface area contributed by atoms with Gasteiger partial charge in [0.1, 0.15) is 0 Å². The third-order valence-electron chi connectivity index (χ3n) is 2.81. The second kappa shape index (κ2) is 4.35. The van der Waals surface area contributed by atoms with Crippen molar-refractivity contribution in [2.75, 3.05) is 13.1 Å². The number of rotatable bonds is 3. The van der Waals surface area contributed by atoms with Crippen LogP contribution in [0.1, 0.15) is 17.9 Å². The van der Waals surface area contributed by atoms with Gasteiger partial charge in [0, 0.05) is 18.9 Å². The highest BCUT2D eigenvalue weighted by atomic mass is 16.4. The van der Waals surface area contributed by atoms with Gasteiger partial charge in [-0.15, -0.1) is 0 Å². The van der Waals surface area contributed by atoms with Crippen molar-refractivity contribution in [3.8, 4) is 0 Å². The lowest BCUT2D eigenvalue weighted by Crippen LogP contribution is -2.38. The number of hydrogen-bond donors (Lipinski definition) is 0. The average Bonchev–Trinajstić information content (AvgIpc) is 2.61. The fraction of sp³-hybridized carbons (Fsp3) is 0.333. The molecule has 1 aromatic carbocycles. The van der Waals surface area contributed by atoms with Crippen LogP contribution in [0, 0.1) is 0 Å². The molecule has 16 heavy (non-hydrogen) atoms. The number of carbonyl (C=O) groups is 2. The Morgan fingerprint density at radius 3 is 2.69 bits per heavy atom. The maximum atomic E-state index is 11.5. The van der Waals surface area contributed by atoms with Gasteiger partial charge in [0.15, 0.2) is 0 Å². The minimum Gasteiger partial charge on any atom is -0.548 e. The number of benzene rings is 1. The van der Waals surface area contributed by atoms with Gasteiger partial charge < -0.3 is 14.8 Å². The highest BCUT2D eigenvalue weighted by Gasteiger charge is 2.30. The van der Waals surface area contributed by atoms with E-state index in [0.29, 0.717) is 13.0 Å². The first-order chi connectivity index (χ1) is 7.66. The summed E-state index contributed by atoms with van der Waals surface area (Å²) in [7, 11) is 0. The second-order valence-corrected chi connectivity index (χ2v) is 3.96. The minimum atomic E-state index is -1.21. The van der Waals surface area contributed by atoms with Gasteiger partial charge in [-0.3, -0.25) is 4.79 Å². The standard InChI is InChI=1S/C12H13NO3/c14-11-6-10(7-13(11)8-12(15)16)9-4-2-1-3-5-9/h1-5,10H,6-8H2,(H,15,16)/p-1/t10-/m0/s1. The van der Waals surface area contributed by atoms with E-state index in [0.717, 1.165) is 5.56 Å². The molecule has 4 nitrogen and oxygen atoms in total. The van der Waals surface area contributed by atoms with Crippen molar-refractivity contribution in [1.29, 1.82) is 0 Å². The lowest BCUT2D eigenvalue weighted by molar-refractivity contribution is -0.305. The van der Waals surface area contributed by atoms with Crippen LogP contribution in [0.3, 0.4) is 0 Å². The number of hydrogen-bond acceptors (Lipinski definition) is 3. The molecule has 1 aliphatic rings. The van der Waals surface area contributed by atoms with E-state index in [9.17, 15) is 14.7 Å². The van der Waals surface area contributed by atoms with Gasteiger partial charge in [0.2, 0.25) is 5.91 Å². The van der Waals surface area contributed by atoms with Gasteiger partial charge in [-0.1, -0.05) is 30.3 Å². The summed E-state index contributed by atoms with van der Waals surface area (Å²) in [5, 5.41) is 10.4. The van der Waals surface area contributed by atoms with E-state index in [1.54, 1.807) is 0 Å². The monoisotopic (exact) mass is 218 g/mol. The fourth-order valence-corrected chi connectivity index (χ4v) is 2.03. The number of nitrogens with zero attached hydrogens (tertiary/aromatic N) is 1. The number of amides is 1. The zero-order chi connectivity index (χ0) is 11.5. The highest BCUT2D eigenvalue weighted by Crippen LogP contribution is 2.27. The molecule has 1 amide bonds. The molecule has 1 aromatic rings. The maximum Gasteiger partial charge on any atom is 0.223 e. The molecule has 0 radical (unpaired) electrons. The highest BCUT2D eigenvalue weighted by molar-refractivity contribution is 5.83. The van der Waals surface area contributed by atoms with Crippen LogP contribution < -0.4 is 5.11 Å². The lowest BCUT2D eigenvalue weighted by Gasteiger charge is -2.16. The predicted molar refractivity (Wildman–Crippen MR) is 55.4 cm³/mol. The molecular formula is C12H12NO3-. The molecule has 2 rings (SSSR count). The number of carboxylic acids is 1. The third kappa shape index (κ3) is 2.21. The Balaban J connectivity index is 2.07. The van der Waals surface area contributed by atoms with E-state index in [4.69, 9.17) is 0 Å². The van der Waals surface area contributed by atoms with Crippen molar-refractivity contribution in [1.82, 2.24) is 4.90 Å². The molecule has 1 aliphatic heterocycles. The molecule has 0 N–H and O–H groups in total.